The molecule has 21 nitrogen and oxygen atoms in total. The second kappa shape index (κ2) is 11.9. The number of hydrogen-bond donors (Lipinski definition) is 7. The first kappa shape index (κ1) is 32.6. The Morgan fingerprint density at radius 3 is 2.26 bits per heavy atom. The van der Waals surface area contributed by atoms with Crippen LogP contribution in [0.5, 0.6) is 0 Å². The van der Waals surface area contributed by atoms with E-state index in [9.17, 15) is 19.0 Å². The predicted molar refractivity (Wildman–Crippen MR) is 165 cm³/mol. The van der Waals surface area contributed by atoms with Crippen LogP contribution >= 0.6 is 38.1 Å². The Morgan fingerprint density at radius 2 is 1.55 bits per heavy atom. The van der Waals surface area contributed by atoms with Gasteiger partial charge in [-0.1, -0.05) is 24.5 Å². The molecule has 4 aromatic rings. The molecule has 47 heavy (non-hydrogen) atoms. The molecule has 7 rings (SSSR count). The number of thiol groups is 2. The first-order valence-electron chi connectivity index (χ1n) is 13.6. The minimum Gasteiger partial charge on any atom is -0.387 e. The third-order valence-electron chi connectivity index (χ3n) is 7.56. The highest BCUT2D eigenvalue weighted by Crippen LogP contribution is 2.60. The number of fused-ring (bicyclic) bond motifs is 5. The van der Waals surface area contributed by atoms with E-state index in [1.54, 1.807) is 7.05 Å². The van der Waals surface area contributed by atoms with Crippen molar-refractivity contribution < 1.29 is 46.2 Å². The van der Waals surface area contributed by atoms with E-state index in [2.05, 4.69) is 59.7 Å². The summed E-state index contributed by atoms with van der Waals surface area (Å²) in [6.45, 7) is -10.2. The molecule has 3 aliphatic heterocycles. The van der Waals surface area contributed by atoms with Crippen LogP contribution in [0.1, 0.15) is 12.5 Å². The molecule has 4 unspecified atom stereocenters. The van der Waals surface area contributed by atoms with Gasteiger partial charge in [-0.2, -0.15) is 15.0 Å². The molecule has 10 atom stereocenters. The van der Waals surface area contributed by atoms with E-state index in [0.29, 0.717) is 0 Å². The van der Waals surface area contributed by atoms with Crippen LogP contribution in [0.3, 0.4) is 0 Å². The van der Waals surface area contributed by atoms with Gasteiger partial charge in [0, 0.05) is 7.05 Å². The van der Waals surface area contributed by atoms with Gasteiger partial charge in [0.1, 0.15) is 36.0 Å². The smallest absolute Gasteiger partial charge is 0.386 e. The molecule has 2 bridgehead atoms. The molecule has 3 fully saturated rings. The average Bonchev–Trinajstić information content (AvgIpc) is 3.76. The second-order valence-corrected chi connectivity index (χ2v) is 16.3. The molecule has 3 saturated heterocycles. The van der Waals surface area contributed by atoms with Gasteiger partial charge in [-0.3, -0.25) is 37.0 Å². The van der Waals surface area contributed by atoms with Gasteiger partial charge >= 0.3 is 13.6 Å². The van der Waals surface area contributed by atoms with Crippen molar-refractivity contribution in [3.63, 3.8) is 0 Å². The Hall–Kier alpha value is -2.89. The van der Waals surface area contributed by atoms with Crippen LogP contribution in [0.15, 0.2) is 17.4 Å². The van der Waals surface area contributed by atoms with Gasteiger partial charge in [0.2, 0.25) is 11.9 Å². The number of nitrogens with two attached hydrogens (primary N) is 2. The van der Waals surface area contributed by atoms with Crippen LogP contribution in [0.25, 0.3) is 22.3 Å². The number of aliphatic hydroxyl groups excluding tert-OH is 1. The second-order valence-electron chi connectivity index (χ2n) is 10.5. The maximum atomic E-state index is 16.2. The van der Waals surface area contributed by atoms with E-state index in [1.807, 2.05) is 0 Å². The number of aromatic amines is 1. The number of anilines is 3. The first-order chi connectivity index (χ1) is 22.2. The topological polar surface area (TPSA) is 281 Å². The molecule has 7 heterocycles. The maximum Gasteiger partial charge on any atom is 0.386 e. The van der Waals surface area contributed by atoms with Crippen molar-refractivity contribution in [3.8, 4) is 0 Å². The molecule has 0 radical (unpaired) electrons. The zero-order valence-corrected chi connectivity index (χ0v) is 27.3. The third-order valence-corrected chi connectivity index (χ3v) is 10.8. The predicted octanol–water partition coefficient (Wildman–Crippen LogP) is 0.552. The van der Waals surface area contributed by atoms with Crippen LogP contribution < -0.4 is 22.3 Å². The fourth-order valence-electron chi connectivity index (χ4n) is 5.44. The number of aliphatic hydroxyl groups is 1. The van der Waals surface area contributed by atoms with Crippen molar-refractivity contribution in [1.29, 1.82) is 0 Å². The number of ether oxygens (including phenoxy) is 2. The van der Waals surface area contributed by atoms with Crippen molar-refractivity contribution in [2.24, 2.45) is 0 Å². The van der Waals surface area contributed by atoms with Crippen molar-refractivity contribution in [1.82, 2.24) is 39.0 Å². The number of nitrogen functional groups attached to an aromatic ring is 2. The lowest BCUT2D eigenvalue weighted by molar-refractivity contribution is -0.0568. The molecule has 26 heteroatoms. The van der Waals surface area contributed by atoms with E-state index in [0.717, 1.165) is 0 Å². The number of halogens is 1. The van der Waals surface area contributed by atoms with E-state index in [-0.39, 0.29) is 40.0 Å². The molecular formula is C21H26FN11O10P2S2. The number of alkyl halides is 1. The average molecular weight is 738 g/mol. The molecule has 4 aromatic heterocycles. The highest BCUT2D eigenvalue weighted by Gasteiger charge is 2.54. The van der Waals surface area contributed by atoms with Crippen molar-refractivity contribution >= 4 is 78.1 Å². The van der Waals surface area contributed by atoms with E-state index >= 15 is 4.39 Å². The fraction of sp³-hybridized carbons (Fsp3) is 0.524. The molecule has 3 aliphatic rings. The van der Waals surface area contributed by atoms with Crippen LogP contribution in [0.2, 0.25) is 0 Å². The molecule has 0 amide bonds. The Labute approximate surface area is 272 Å². The molecule has 0 aliphatic carbocycles. The maximum absolute atomic E-state index is 16.2. The monoisotopic (exact) mass is 737 g/mol. The number of hydrogen-bond acceptors (Lipinski definition) is 18. The highest BCUT2D eigenvalue weighted by molar-refractivity contribution is 8.44. The van der Waals surface area contributed by atoms with Gasteiger partial charge in [-0.05, 0) is 0 Å². The Bertz CT molecular complexity index is 2020. The van der Waals surface area contributed by atoms with E-state index in [4.69, 9.17) is 39.0 Å². The fourth-order valence-corrected chi connectivity index (χ4v) is 8.38. The van der Waals surface area contributed by atoms with Crippen LogP contribution in [-0.2, 0) is 36.7 Å². The standard InChI is InChI=1S/C21H26FN11O10P2S2/c1-25-21-28-14(23)9-15(30-21)32(4-26-9)18-8(22)12-7(41-18)3-39-45(37,47)43-13-11(34)6(2-38-44(36,46)42-12)40-19(13)33-5-27-10-16(33)29-20(24)31-17(10)35/h4-8,11-13,18-19,34H,2-3H2,1H3,(H,36,46)(H,37,47)(H3,23,25,28,30)(H3,24,29,31,35)/t6-,7-,8?,11?,12?,13?,18-,19-,44-,45-/m1/s1. The SMILES string of the molecule is CNc1nc(N)c2ncn([C@@H]3O[C@@H]4CO[P@@](=O)(S)OC5C(O)[C@@H](CO[P@@](=O)(S)OC4C3F)O[C@H]5n3cnc4c(=O)[nH]c(N)nc43)c2n1. The number of H-pyrrole nitrogens is 1. The minimum atomic E-state index is -4.44. The lowest BCUT2D eigenvalue weighted by Gasteiger charge is -2.26. The van der Waals surface area contributed by atoms with Gasteiger partial charge < -0.3 is 31.4 Å². The van der Waals surface area contributed by atoms with Gasteiger partial charge in [-0.15, -0.1) is 0 Å². The number of nitrogens with one attached hydrogen (secondary N) is 2. The summed E-state index contributed by atoms with van der Waals surface area (Å²) >= 11 is 8.07. The Balaban J connectivity index is 1.21. The largest absolute Gasteiger partial charge is 0.387 e. The molecule has 7 N–H and O–H groups in total. The highest BCUT2D eigenvalue weighted by atomic mass is 32.7. The summed E-state index contributed by atoms with van der Waals surface area (Å²) in [6.07, 6.45) is -10.0. The van der Waals surface area contributed by atoms with Gasteiger partial charge in [0.25, 0.3) is 5.56 Å². The van der Waals surface area contributed by atoms with Crippen LogP contribution in [-0.4, -0.2) is 101 Å². The number of aromatic nitrogens is 8. The summed E-state index contributed by atoms with van der Waals surface area (Å²) in [7, 11) is 1.56. The summed E-state index contributed by atoms with van der Waals surface area (Å²) in [6, 6.07) is 0. The van der Waals surface area contributed by atoms with Crippen molar-refractivity contribution in [2.75, 3.05) is 37.0 Å². The summed E-state index contributed by atoms with van der Waals surface area (Å²) in [5, 5.41) is 13.9. The lowest BCUT2D eigenvalue weighted by atomic mass is 10.1. The summed E-state index contributed by atoms with van der Waals surface area (Å²) in [4.78, 5) is 35.2. The van der Waals surface area contributed by atoms with Gasteiger partial charge in [0.15, 0.2) is 41.3 Å². The van der Waals surface area contributed by atoms with E-state index in [1.165, 1.54) is 21.8 Å². The normalized spacial score (nSPS) is 36.5. The first-order valence-corrected chi connectivity index (χ1v) is 19.0. The summed E-state index contributed by atoms with van der Waals surface area (Å²) in [5.74, 6) is -0.0979. The van der Waals surface area contributed by atoms with Crippen molar-refractivity contribution in [2.45, 2.75) is 49.1 Å². The van der Waals surface area contributed by atoms with Gasteiger partial charge in [-0.25, -0.2) is 23.5 Å². The van der Waals surface area contributed by atoms with E-state index < -0.39 is 81.5 Å². The number of rotatable bonds is 3. The molecule has 0 aromatic carbocycles. The van der Waals surface area contributed by atoms with Crippen LogP contribution in [0.4, 0.5) is 22.1 Å². The summed E-state index contributed by atoms with van der Waals surface area (Å²) < 4.78 is 79.5. The quantitative estimate of drug-likeness (QED) is 0.112. The lowest BCUT2D eigenvalue weighted by Crippen LogP contribution is -2.35. The number of imidazole rings is 2. The molecule has 0 saturated carbocycles. The minimum absolute atomic E-state index is 0.0159. The Kier molecular flexibility index (Phi) is 8.27. The zero-order valence-electron chi connectivity index (χ0n) is 23.8. The molecular weight excluding hydrogens is 711 g/mol. The molecule has 254 valence electrons. The van der Waals surface area contributed by atoms with Crippen LogP contribution in [0, 0.1) is 0 Å². The third kappa shape index (κ3) is 5.90. The van der Waals surface area contributed by atoms with Gasteiger partial charge in [0.05, 0.1) is 25.9 Å². The summed E-state index contributed by atoms with van der Waals surface area (Å²) in [5.41, 5.74) is 11.1. The van der Waals surface area contributed by atoms with Crippen molar-refractivity contribution in [3.05, 3.63) is 23.0 Å². The number of nitrogens with zero attached hydrogens (tertiary/aromatic N) is 7. The zero-order chi connectivity index (χ0) is 33.4. The molecule has 0 spiro atoms. The Morgan fingerprint density at radius 1 is 0.957 bits per heavy atom.